The fourth-order valence-electron chi connectivity index (χ4n) is 3.33. The van der Waals surface area contributed by atoms with Crippen LogP contribution >= 0.6 is 71.2 Å². The monoisotopic (exact) mass is 710 g/mol. The van der Waals surface area contributed by atoms with Crippen LogP contribution in [-0.2, 0) is 20.0 Å². The fraction of sp³-hybridized carbons (Fsp3) is 0. The largest absolute Gasteiger partial charge is 0.262 e. The summed E-state index contributed by atoms with van der Waals surface area (Å²) in [6.45, 7) is 0. The summed E-state index contributed by atoms with van der Waals surface area (Å²) < 4.78 is 68.6. The standard InChI is InChI=1S/2C10H5N5O2S4/c2*16-21(17,6-4-2-1-3-5-6)15-18-9-10(19-15)12-8-7(11-9)13-20-14-8/h2*1-5H. The first-order chi connectivity index (χ1) is 20.3. The van der Waals surface area contributed by atoms with Crippen molar-refractivity contribution in [2.45, 2.75) is 29.9 Å². The van der Waals surface area contributed by atoms with Crippen LogP contribution in [-0.4, -0.2) is 60.5 Å². The molecule has 6 aromatic rings. The molecule has 0 amide bonds. The minimum atomic E-state index is -3.61. The van der Waals surface area contributed by atoms with Crippen molar-refractivity contribution in [2.24, 2.45) is 0 Å². The van der Waals surface area contributed by atoms with Gasteiger partial charge in [-0.25, -0.2) is 36.8 Å². The normalized spacial score (nSPS) is 15.4. The number of hydrogen-bond acceptors (Lipinski definition) is 18. The van der Waals surface area contributed by atoms with Gasteiger partial charge in [-0.15, -0.1) is 0 Å². The molecule has 2 aliphatic rings. The average molecular weight is 711 g/mol. The van der Waals surface area contributed by atoms with Crippen molar-refractivity contribution in [3.8, 4) is 0 Å². The summed E-state index contributed by atoms with van der Waals surface area (Å²) >= 11 is 6.18. The van der Waals surface area contributed by atoms with Gasteiger partial charge in [0.2, 0.25) is 22.6 Å². The molecule has 0 bridgehead atoms. The number of sulfonamides is 2. The van der Waals surface area contributed by atoms with Crippen molar-refractivity contribution in [3.63, 3.8) is 0 Å². The second kappa shape index (κ2) is 11.2. The lowest BCUT2D eigenvalue weighted by Crippen LogP contribution is -2.15. The van der Waals surface area contributed by atoms with Crippen LogP contribution in [0.15, 0.2) is 90.6 Å². The molecule has 14 nitrogen and oxygen atoms in total. The molecule has 0 radical (unpaired) electrons. The van der Waals surface area contributed by atoms with Crippen molar-refractivity contribution in [1.29, 1.82) is 0 Å². The summed E-state index contributed by atoms with van der Waals surface area (Å²) in [7, 11) is -7.22. The number of aromatic nitrogens is 8. The zero-order valence-electron chi connectivity index (χ0n) is 20.1. The Morgan fingerprint density at radius 2 is 0.738 bits per heavy atom. The van der Waals surface area contributed by atoms with Crippen LogP contribution in [0, 0.1) is 0 Å². The van der Waals surface area contributed by atoms with E-state index in [1.165, 1.54) is 6.23 Å². The molecular formula is C20H10N10O4S8. The van der Waals surface area contributed by atoms with Gasteiger partial charge in [0, 0.05) is 47.8 Å². The van der Waals surface area contributed by atoms with Gasteiger partial charge in [-0.1, -0.05) is 42.6 Å². The maximum Gasteiger partial charge on any atom is 0.262 e. The van der Waals surface area contributed by atoms with Gasteiger partial charge in [0.1, 0.15) is 20.1 Å². The number of fused-ring (bicyclic) bond motifs is 4. The summed E-state index contributed by atoms with van der Waals surface area (Å²) in [5, 5.41) is 2.11. The number of rotatable bonds is 4. The smallest absolute Gasteiger partial charge is 0.214 e. The Hall–Kier alpha value is -2.54. The average Bonchev–Trinajstić information content (AvgIpc) is 3.81. The van der Waals surface area contributed by atoms with Gasteiger partial charge in [0.25, 0.3) is 20.0 Å². The van der Waals surface area contributed by atoms with E-state index in [4.69, 9.17) is 0 Å². The molecule has 0 aliphatic carbocycles. The van der Waals surface area contributed by atoms with Gasteiger partial charge in [0.15, 0.2) is 0 Å². The fourth-order valence-corrected chi connectivity index (χ4v) is 12.2. The minimum absolute atomic E-state index is 0.232. The molecule has 42 heavy (non-hydrogen) atoms. The first-order valence-electron chi connectivity index (χ1n) is 11.2. The lowest BCUT2D eigenvalue weighted by molar-refractivity contribution is 0.581. The van der Waals surface area contributed by atoms with Crippen LogP contribution < -0.4 is 0 Å². The van der Waals surface area contributed by atoms with Crippen LogP contribution in [0.25, 0.3) is 22.6 Å². The topological polar surface area (TPSA) is 178 Å². The first kappa shape index (κ1) is 28.2. The molecule has 0 spiro atoms. The van der Waals surface area contributed by atoms with Crippen molar-refractivity contribution >= 4 is 114 Å². The number of hydrogen-bond donors (Lipinski definition) is 0. The Morgan fingerprint density at radius 3 is 1.02 bits per heavy atom. The zero-order valence-corrected chi connectivity index (χ0v) is 26.7. The third-order valence-corrected chi connectivity index (χ3v) is 15.6. The molecule has 0 saturated carbocycles. The molecule has 0 saturated heterocycles. The van der Waals surface area contributed by atoms with E-state index in [0.29, 0.717) is 42.7 Å². The molecule has 4 aromatic heterocycles. The Balaban J connectivity index is 0.000000137. The summed E-state index contributed by atoms with van der Waals surface area (Å²) in [6, 6.07) is 16.5. The second-order valence-electron chi connectivity index (χ2n) is 7.88. The molecule has 2 aromatic carbocycles. The van der Waals surface area contributed by atoms with E-state index >= 15 is 0 Å². The van der Waals surface area contributed by atoms with E-state index in [2.05, 4.69) is 37.4 Å². The lowest BCUT2D eigenvalue weighted by Gasteiger charge is -2.11. The Kier molecular flexibility index (Phi) is 7.52. The number of nitrogens with zero attached hydrogens (tertiary/aromatic N) is 10. The van der Waals surface area contributed by atoms with Gasteiger partial charge < -0.3 is 0 Å². The second-order valence-corrected chi connectivity index (χ2v) is 17.6. The zero-order chi connectivity index (χ0) is 28.9. The van der Waals surface area contributed by atoms with E-state index in [0.717, 1.165) is 71.2 Å². The molecule has 6 heterocycles. The summed E-state index contributed by atoms with van der Waals surface area (Å²) in [5.41, 5.74) is 1.74. The maximum atomic E-state index is 12.5. The van der Waals surface area contributed by atoms with Gasteiger partial charge in [-0.05, 0) is 24.3 Å². The molecule has 212 valence electrons. The predicted octanol–water partition coefficient (Wildman–Crippen LogP) is 4.40. The molecule has 0 N–H and O–H groups in total. The number of benzene rings is 2. The van der Waals surface area contributed by atoms with Gasteiger partial charge in [0.05, 0.1) is 33.2 Å². The van der Waals surface area contributed by atoms with E-state index in [1.54, 1.807) is 60.7 Å². The Morgan fingerprint density at radius 1 is 0.452 bits per heavy atom. The summed E-state index contributed by atoms with van der Waals surface area (Å²) in [6.07, 6.45) is 0. The quantitative estimate of drug-likeness (QED) is 0.235. The predicted molar refractivity (Wildman–Crippen MR) is 160 cm³/mol. The molecule has 8 rings (SSSR count). The van der Waals surface area contributed by atoms with Crippen molar-refractivity contribution in [1.82, 2.24) is 43.7 Å². The summed E-state index contributed by atoms with van der Waals surface area (Å²) in [5.74, 6) is 0. The van der Waals surface area contributed by atoms with Gasteiger partial charge in [-0.3, -0.25) is 0 Å². The maximum absolute atomic E-state index is 12.5. The molecule has 0 fully saturated rings. The highest BCUT2D eigenvalue weighted by atomic mass is 32.3. The molecule has 22 heteroatoms. The van der Waals surface area contributed by atoms with Crippen LogP contribution in [0.2, 0.25) is 0 Å². The Bertz CT molecular complexity index is 1930. The van der Waals surface area contributed by atoms with Crippen molar-refractivity contribution in [3.05, 3.63) is 60.7 Å². The molecule has 0 atom stereocenters. The van der Waals surface area contributed by atoms with Crippen LogP contribution in [0.1, 0.15) is 0 Å². The first-order valence-corrected chi connectivity index (χ1v) is 18.7. The summed E-state index contributed by atoms with van der Waals surface area (Å²) in [4.78, 5) is 17.6. The van der Waals surface area contributed by atoms with E-state index in [9.17, 15) is 16.8 Å². The minimum Gasteiger partial charge on any atom is -0.214 e. The van der Waals surface area contributed by atoms with E-state index in [-0.39, 0.29) is 9.79 Å². The van der Waals surface area contributed by atoms with E-state index in [1.807, 2.05) is 0 Å². The van der Waals surface area contributed by atoms with Crippen molar-refractivity contribution < 1.29 is 16.8 Å². The van der Waals surface area contributed by atoms with Crippen LogP contribution in [0.5, 0.6) is 0 Å². The highest BCUT2D eigenvalue weighted by Gasteiger charge is 2.37. The van der Waals surface area contributed by atoms with E-state index < -0.39 is 20.0 Å². The van der Waals surface area contributed by atoms with Crippen LogP contribution in [0.4, 0.5) is 0 Å². The van der Waals surface area contributed by atoms with Gasteiger partial charge in [-0.2, -0.15) is 17.5 Å². The highest BCUT2D eigenvalue weighted by Crippen LogP contribution is 2.49. The van der Waals surface area contributed by atoms with Crippen LogP contribution in [0.3, 0.4) is 0 Å². The Labute approximate surface area is 263 Å². The third kappa shape index (κ3) is 5.24. The van der Waals surface area contributed by atoms with Crippen molar-refractivity contribution in [2.75, 3.05) is 0 Å². The lowest BCUT2D eigenvalue weighted by atomic mass is 10.4. The molecule has 2 aliphatic heterocycles. The molecular weight excluding hydrogens is 701 g/mol. The van der Waals surface area contributed by atoms with Gasteiger partial charge >= 0.3 is 0 Å². The SMILES string of the molecule is O=S(=O)(c1ccccc1)N1Sc2nc3nsnc3nc2S1.O=S(=O)(c1ccccc1)N1Sc2nc3nsnc3nc2S1. The third-order valence-electron chi connectivity index (χ3n) is 5.22. The highest BCUT2D eigenvalue weighted by molar-refractivity contribution is 8.25. The molecule has 0 unspecified atom stereocenters.